The van der Waals surface area contributed by atoms with Crippen molar-refractivity contribution in [2.75, 3.05) is 20.2 Å². The summed E-state index contributed by atoms with van der Waals surface area (Å²) < 4.78 is 5.79. The van der Waals surface area contributed by atoms with Crippen LogP contribution in [-0.4, -0.2) is 47.6 Å². The summed E-state index contributed by atoms with van der Waals surface area (Å²) in [4.78, 5) is 36.8. The molecule has 2 heterocycles. The Morgan fingerprint density at radius 1 is 1.03 bits per heavy atom. The van der Waals surface area contributed by atoms with Gasteiger partial charge in [-0.05, 0) is 38.0 Å². The molecule has 0 aliphatic carbocycles. The van der Waals surface area contributed by atoms with Crippen LogP contribution >= 0.6 is 0 Å². The number of amides is 2. The molecule has 0 N–H and O–H groups in total. The van der Waals surface area contributed by atoms with E-state index in [1.54, 1.807) is 7.05 Å². The number of nitrogens with zero attached hydrogens (tertiary/aromatic N) is 3. The van der Waals surface area contributed by atoms with Crippen LogP contribution in [0.2, 0.25) is 0 Å². The van der Waals surface area contributed by atoms with Gasteiger partial charge in [0.15, 0.2) is 0 Å². The number of aliphatic imine (C=N–C) groups is 1. The quantitative estimate of drug-likeness (QED) is 0.421. The molecule has 2 aromatic carbocycles. The van der Waals surface area contributed by atoms with E-state index >= 15 is 0 Å². The van der Waals surface area contributed by atoms with E-state index in [1.165, 1.54) is 11.1 Å². The second-order valence-electron chi connectivity index (χ2n) is 7.51. The summed E-state index contributed by atoms with van der Waals surface area (Å²) in [7, 11) is 1.67. The minimum atomic E-state index is -0.316. The van der Waals surface area contributed by atoms with E-state index in [0.29, 0.717) is 53.4 Å². The summed E-state index contributed by atoms with van der Waals surface area (Å²) in [5.74, 6) is 0.0463. The van der Waals surface area contributed by atoms with Gasteiger partial charge in [-0.1, -0.05) is 42.5 Å². The Morgan fingerprint density at radius 3 is 2.47 bits per heavy atom. The minimum Gasteiger partial charge on any atom is -0.493 e. The third kappa shape index (κ3) is 3.80. The van der Waals surface area contributed by atoms with Crippen LogP contribution in [0.25, 0.3) is 0 Å². The SMILES string of the molecule is CCOc1ccccc1C(=NC)c1c(C)ncc2c1C(=O)N(CCc1ccccc1)C2=O. The van der Waals surface area contributed by atoms with E-state index in [4.69, 9.17) is 4.74 Å². The molecule has 1 aromatic heterocycles. The molecule has 32 heavy (non-hydrogen) atoms. The molecule has 6 heteroatoms. The van der Waals surface area contributed by atoms with Gasteiger partial charge < -0.3 is 4.74 Å². The average Bonchev–Trinajstić information content (AvgIpc) is 3.05. The lowest BCUT2D eigenvalue weighted by Gasteiger charge is -2.16. The molecule has 1 aliphatic heterocycles. The van der Waals surface area contributed by atoms with Crippen LogP contribution in [0.15, 0.2) is 65.8 Å². The van der Waals surface area contributed by atoms with Crippen molar-refractivity contribution in [3.05, 3.63) is 94.3 Å². The maximum absolute atomic E-state index is 13.5. The highest BCUT2D eigenvalue weighted by atomic mass is 16.5. The number of fused-ring (bicyclic) bond motifs is 1. The second-order valence-corrected chi connectivity index (χ2v) is 7.51. The standard InChI is InChI=1S/C26H25N3O3/c1-4-32-21-13-9-8-12-19(21)24(27-3)22-17(2)28-16-20-23(22)26(31)29(25(20)30)15-14-18-10-6-5-7-11-18/h5-13,16H,4,14-15H2,1-3H3. The smallest absolute Gasteiger partial charge is 0.263 e. The fraction of sp³-hybridized carbons (Fsp3) is 0.231. The highest BCUT2D eigenvalue weighted by Gasteiger charge is 2.39. The van der Waals surface area contributed by atoms with Crippen molar-refractivity contribution in [2.45, 2.75) is 20.3 Å². The molecule has 0 bridgehead atoms. The number of rotatable bonds is 7. The lowest BCUT2D eigenvalue weighted by Crippen LogP contribution is -2.32. The maximum Gasteiger partial charge on any atom is 0.263 e. The lowest BCUT2D eigenvalue weighted by atomic mass is 9.94. The number of aromatic nitrogens is 1. The van der Waals surface area contributed by atoms with Crippen LogP contribution in [0.4, 0.5) is 0 Å². The van der Waals surface area contributed by atoms with Crippen molar-refractivity contribution in [1.82, 2.24) is 9.88 Å². The van der Waals surface area contributed by atoms with Crippen molar-refractivity contribution in [1.29, 1.82) is 0 Å². The van der Waals surface area contributed by atoms with Gasteiger partial charge in [-0.3, -0.25) is 24.5 Å². The molecular formula is C26H25N3O3. The lowest BCUT2D eigenvalue weighted by molar-refractivity contribution is 0.0656. The van der Waals surface area contributed by atoms with Crippen LogP contribution < -0.4 is 4.74 Å². The van der Waals surface area contributed by atoms with Gasteiger partial charge in [0.2, 0.25) is 0 Å². The van der Waals surface area contributed by atoms with Crippen LogP contribution in [0.3, 0.4) is 0 Å². The van der Waals surface area contributed by atoms with E-state index in [2.05, 4.69) is 9.98 Å². The van der Waals surface area contributed by atoms with Crippen molar-refractivity contribution >= 4 is 17.5 Å². The van der Waals surface area contributed by atoms with E-state index in [0.717, 1.165) is 11.1 Å². The Hall–Kier alpha value is -3.80. The first kappa shape index (κ1) is 21.4. The molecule has 0 fully saturated rings. The number of aryl methyl sites for hydroxylation is 1. The van der Waals surface area contributed by atoms with Crippen molar-refractivity contribution < 1.29 is 14.3 Å². The molecule has 1 aliphatic rings. The Balaban J connectivity index is 1.75. The van der Waals surface area contributed by atoms with Gasteiger partial charge in [0, 0.05) is 36.6 Å². The second kappa shape index (κ2) is 9.14. The molecule has 0 atom stereocenters. The normalized spacial score (nSPS) is 13.5. The van der Waals surface area contributed by atoms with E-state index in [1.807, 2.05) is 68.4 Å². The zero-order chi connectivity index (χ0) is 22.7. The third-order valence-electron chi connectivity index (χ3n) is 5.57. The number of hydrogen-bond donors (Lipinski definition) is 0. The summed E-state index contributed by atoms with van der Waals surface area (Å²) in [6.45, 7) is 4.56. The van der Waals surface area contributed by atoms with Gasteiger partial charge in [0.1, 0.15) is 5.75 Å². The summed E-state index contributed by atoms with van der Waals surface area (Å²) in [5, 5.41) is 0. The van der Waals surface area contributed by atoms with E-state index in [-0.39, 0.29) is 11.8 Å². The monoisotopic (exact) mass is 427 g/mol. The summed E-state index contributed by atoms with van der Waals surface area (Å²) in [5.41, 5.74) is 4.32. The summed E-state index contributed by atoms with van der Waals surface area (Å²) in [6, 6.07) is 17.4. The van der Waals surface area contributed by atoms with Crippen LogP contribution in [-0.2, 0) is 6.42 Å². The van der Waals surface area contributed by atoms with Gasteiger partial charge in [0.05, 0.1) is 23.4 Å². The van der Waals surface area contributed by atoms with Gasteiger partial charge in [-0.2, -0.15) is 0 Å². The number of hydrogen-bond acceptors (Lipinski definition) is 5. The summed E-state index contributed by atoms with van der Waals surface area (Å²) in [6.07, 6.45) is 2.09. The topological polar surface area (TPSA) is 71.9 Å². The molecule has 0 spiro atoms. The van der Waals surface area contributed by atoms with E-state index in [9.17, 15) is 9.59 Å². The molecular weight excluding hydrogens is 402 g/mol. The number of pyridine rings is 1. The maximum atomic E-state index is 13.5. The zero-order valence-corrected chi connectivity index (χ0v) is 18.5. The first-order chi connectivity index (χ1) is 15.6. The highest BCUT2D eigenvalue weighted by Crippen LogP contribution is 2.31. The highest BCUT2D eigenvalue weighted by molar-refractivity contribution is 6.28. The fourth-order valence-electron chi connectivity index (χ4n) is 4.05. The van der Waals surface area contributed by atoms with Gasteiger partial charge in [0.25, 0.3) is 11.8 Å². The van der Waals surface area contributed by atoms with Gasteiger partial charge in [-0.15, -0.1) is 0 Å². The predicted molar refractivity (Wildman–Crippen MR) is 124 cm³/mol. The number of benzene rings is 2. The Kier molecular flexibility index (Phi) is 6.12. The molecule has 0 saturated carbocycles. The first-order valence-electron chi connectivity index (χ1n) is 10.7. The zero-order valence-electron chi connectivity index (χ0n) is 18.5. The van der Waals surface area contributed by atoms with Crippen molar-refractivity contribution in [3.8, 4) is 5.75 Å². The van der Waals surface area contributed by atoms with E-state index < -0.39 is 0 Å². The number of ether oxygens (including phenoxy) is 1. The molecule has 4 rings (SSSR count). The molecule has 0 radical (unpaired) electrons. The molecule has 6 nitrogen and oxygen atoms in total. The predicted octanol–water partition coefficient (Wildman–Crippen LogP) is 4.09. The molecule has 162 valence electrons. The first-order valence-corrected chi connectivity index (χ1v) is 10.7. The molecule has 0 unspecified atom stereocenters. The largest absolute Gasteiger partial charge is 0.493 e. The third-order valence-corrected chi connectivity index (χ3v) is 5.57. The number of carbonyl (C=O) groups is 2. The van der Waals surface area contributed by atoms with Crippen LogP contribution in [0.1, 0.15) is 50.0 Å². The van der Waals surface area contributed by atoms with Gasteiger partial charge >= 0.3 is 0 Å². The van der Waals surface area contributed by atoms with Crippen molar-refractivity contribution in [2.24, 2.45) is 4.99 Å². The number of carbonyl (C=O) groups excluding carboxylic acids is 2. The number of para-hydroxylation sites is 1. The molecule has 0 saturated heterocycles. The van der Waals surface area contributed by atoms with Crippen LogP contribution in [0.5, 0.6) is 5.75 Å². The Labute approximate surface area is 187 Å². The Bertz CT molecular complexity index is 1200. The fourth-order valence-corrected chi connectivity index (χ4v) is 4.05. The van der Waals surface area contributed by atoms with Crippen LogP contribution in [0, 0.1) is 6.92 Å². The molecule has 3 aromatic rings. The minimum absolute atomic E-state index is 0.309. The van der Waals surface area contributed by atoms with Gasteiger partial charge in [-0.25, -0.2) is 0 Å². The summed E-state index contributed by atoms with van der Waals surface area (Å²) >= 11 is 0. The average molecular weight is 428 g/mol. The Morgan fingerprint density at radius 2 is 1.75 bits per heavy atom. The number of imide groups is 1. The van der Waals surface area contributed by atoms with Crippen molar-refractivity contribution in [3.63, 3.8) is 0 Å². The molecule has 2 amide bonds.